The van der Waals surface area contributed by atoms with Crippen LogP contribution in [-0.2, 0) is 14.3 Å². The van der Waals surface area contributed by atoms with E-state index in [9.17, 15) is 14.4 Å². The lowest BCUT2D eigenvalue weighted by atomic mass is 9.82. The zero-order valence-electron chi connectivity index (χ0n) is 16.8. The minimum Gasteiger partial charge on any atom is -0.425 e. The largest absolute Gasteiger partial charge is 0.425 e. The molecule has 0 N–H and O–H groups in total. The van der Waals surface area contributed by atoms with Crippen molar-refractivity contribution >= 4 is 17.7 Å². The van der Waals surface area contributed by atoms with Crippen LogP contribution in [-0.4, -0.2) is 48.9 Å². The van der Waals surface area contributed by atoms with Crippen LogP contribution in [0.5, 0.6) is 5.75 Å². The van der Waals surface area contributed by atoms with Gasteiger partial charge in [-0.25, -0.2) is 0 Å². The average molecular weight is 405 g/mol. The number of amides is 1. The number of nitrogens with zero attached hydrogens (tertiary/aromatic N) is 1. The molecule has 2 fully saturated rings. The molecule has 30 heavy (non-hydrogen) atoms. The van der Waals surface area contributed by atoms with Crippen molar-refractivity contribution in [2.24, 2.45) is 10.8 Å². The molecule has 0 spiro atoms. The SMILES string of the molecule is CC[C@@]1(C(=O)c2ccccc2)[C@H]2c3ccccc3OC(=O)[C@]21C(=O)N1CCOCC1. The van der Waals surface area contributed by atoms with E-state index in [1.807, 2.05) is 25.1 Å². The second-order valence-electron chi connectivity index (χ2n) is 8.09. The van der Waals surface area contributed by atoms with Gasteiger partial charge in [0.1, 0.15) is 5.75 Å². The van der Waals surface area contributed by atoms with Gasteiger partial charge in [-0.1, -0.05) is 55.5 Å². The van der Waals surface area contributed by atoms with Crippen molar-refractivity contribution in [3.05, 3.63) is 65.7 Å². The summed E-state index contributed by atoms with van der Waals surface area (Å²) in [5, 5.41) is 0. The van der Waals surface area contributed by atoms with Gasteiger partial charge in [0, 0.05) is 30.1 Å². The van der Waals surface area contributed by atoms with E-state index in [0.717, 1.165) is 5.56 Å². The van der Waals surface area contributed by atoms with Crippen LogP contribution < -0.4 is 4.74 Å². The third kappa shape index (κ3) is 2.25. The molecule has 5 rings (SSSR count). The van der Waals surface area contributed by atoms with Gasteiger partial charge in [0.05, 0.1) is 18.6 Å². The highest BCUT2D eigenvalue weighted by Gasteiger charge is 2.89. The molecule has 3 atom stereocenters. The summed E-state index contributed by atoms with van der Waals surface area (Å²) < 4.78 is 11.1. The Kier molecular flexibility index (Phi) is 4.29. The molecule has 2 heterocycles. The zero-order valence-corrected chi connectivity index (χ0v) is 16.8. The molecule has 0 aromatic heterocycles. The third-order valence-corrected chi connectivity index (χ3v) is 6.94. The molecule has 6 heteroatoms. The van der Waals surface area contributed by atoms with Crippen LogP contribution in [0, 0.1) is 10.8 Å². The number of hydrogen-bond donors (Lipinski definition) is 0. The van der Waals surface area contributed by atoms with Crippen LogP contribution in [0.1, 0.15) is 35.2 Å². The van der Waals surface area contributed by atoms with Gasteiger partial charge in [-0.05, 0) is 12.5 Å². The Morgan fingerprint density at radius 3 is 2.40 bits per heavy atom. The summed E-state index contributed by atoms with van der Waals surface area (Å²) >= 11 is 0. The fourth-order valence-corrected chi connectivity index (χ4v) is 5.54. The Labute approximate surface area is 174 Å². The number of benzene rings is 2. The van der Waals surface area contributed by atoms with Crippen LogP contribution in [0.2, 0.25) is 0 Å². The standard InChI is InChI=1S/C24H23NO5/c1-2-23(20(26)16-8-4-3-5-9-16)19-17-10-6-7-11-18(17)30-22(28)24(19,23)21(27)25-12-14-29-15-13-25/h3-11,19H,2,12-15H2,1H3/t19-,23+,24-/m1/s1. The van der Waals surface area contributed by atoms with Crippen molar-refractivity contribution < 1.29 is 23.9 Å². The first-order valence-electron chi connectivity index (χ1n) is 10.4. The number of morpholine rings is 1. The van der Waals surface area contributed by atoms with Gasteiger partial charge in [-0.15, -0.1) is 0 Å². The quantitative estimate of drug-likeness (QED) is 0.339. The van der Waals surface area contributed by atoms with Crippen LogP contribution >= 0.6 is 0 Å². The number of esters is 1. The number of fused-ring (bicyclic) bond motifs is 3. The number of hydrogen-bond acceptors (Lipinski definition) is 5. The van der Waals surface area contributed by atoms with E-state index < -0.39 is 22.7 Å². The van der Waals surface area contributed by atoms with Crippen molar-refractivity contribution in [3.63, 3.8) is 0 Å². The first-order valence-corrected chi connectivity index (χ1v) is 10.4. The number of para-hydroxylation sites is 1. The molecule has 1 amide bonds. The Morgan fingerprint density at radius 2 is 1.70 bits per heavy atom. The highest BCUT2D eigenvalue weighted by Crippen LogP contribution is 2.80. The molecule has 3 aliphatic rings. The molecular formula is C24H23NO5. The summed E-state index contributed by atoms with van der Waals surface area (Å²) in [4.78, 5) is 42.9. The second-order valence-corrected chi connectivity index (χ2v) is 8.09. The first kappa shape index (κ1) is 19.0. The third-order valence-electron chi connectivity index (χ3n) is 6.94. The van der Waals surface area contributed by atoms with E-state index >= 15 is 0 Å². The number of carbonyl (C=O) groups excluding carboxylic acids is 3. The van der Waals surface area contributed by atoms with Gasteiger partial charge >= 0.3 is 5.97 Å². The monoisotopic (exact) mass is 405 g/mol. The molecule has 1 aliphatic carbocycles. The van der Waals surface area contributed by atoms with Gasteiger partial charge in [0.2, 0.25) is 5.91 Å². The summed E-state index contributed by atoms with van der Waals surface area (Å²) in [6, 6.07) is 16.2. The first-order chi connectivity index (χ1) is 14.6. The molecule has 2 aromatic carbocycles. The van der Waals surface area contributed by atoms with Crippen molar-refractivity contribution in [2.45, 2.75) is 19.3 Å². The number of Topliss-reactive ketones (excluding diaryl/α,β-unsaturated/α-hetero) is 1. The van der Waals surface area contributed by atoms with E-state index in [1.54, 1.807) is 41.3 Å². The number of ketones is 1. The van der Waals surface area contributed by atoms with Crippen LogP contribution in [0.4, 0.5) is 0 Å². The van der Waals surface area contributed by atoms with E-state index in [1.165, 1.54) is 0 Å². The number of rotatable bonds is 4. The maximum atomic E-state index is 13.9. The Bertz CT molecular complexity index is 1030. The van der Waals surface area contributed by atoms with Crippen molar-refractivity contribution in [1.29, 1.82) is 0 Å². The fourth-order valence-electron chi connectivity index (χ4n) is 5.54. The van der Waals surface area contributed by atoms with Crippen LogP contribution in [0.3, 0.4) is 0 Å². The molecule has 154 valence electrons. The van der Waals surface area contributed by atoms with Crippen LogP contribution in [0.25, 0.3) is 0 Å². The van der Waals surface area contributed by atoms with E-state index in [-0.39, 0.29) is 11.7 Å². The summed E-state index contributed by atoms with van der Waals surface area (Å²) in [7, 11) is 0. The second kappa shape index (κ2) is 6.77. The normalized spacial score (nSPS) is 29.4. The minimum absolute atomic E-state index is 0.175. The lowest BCUT2D eigenvalue weighted by Crippen LogP contribution is -2.51. The van der Waals surface area contributed by atoms with E-state index in [2.05, 4.69) is 0 Å². The molecule has 0 bridgehead atoms. The summed E-state index contributed by atoms with van der Waals surface area (Å²) in [5.41, 5.74) is -1.42. The van der Waals surface area contributed by atoms with E-state index in [0.29, 0.717) is 44.0 Å². The molecule has 1 saturated carbocycles. The molecule has 1 saturated heterocycles. The van der Waals surface area contributed by atoms with Gasteiger partial charge in [-0.3, -0.25) is 14.4 Å². The topological polar surface area (TPSA) is 72.9 Å². The van der Waals surface area contributed by atoms with Gasteiger partial charge in [0.25, 0.3) is 0 Å². The fraction of sp³-hybridized carbons (Fsp3) is 0.375. The van der Waals surface area contributed by atoms with Gasteiger partial charge in [0.15, 0.2) is 11.2 Å². The smallest absolute Gasteiger partial charge is 0.328 e. The Balaban J connectivity index is 1.70. The van der Waals surface area contributed by atoms with Gasteiger partial charge < -0.3 is 14.4 Å². The lowest BCUT2D eigenvalue weighted by Gasteiger charge is -2.32. The van der Waals surface area contributed by atoms with Gasteiger partial charge in [-0.2, -0.15) is 0 Å². The average Bonchev–Trinajstić information content (AvgIpc) is 3.46. The minimum atomic E-state index is -1.53. The molecular weight excluding hydrogens is 382 g/mol. The Morgan fingerprint density at radius 1 is 1.03 bits per heavy atom. The molecule has 2 aliphatic heterocycles. The summed E-state index contributed by atoms with van der Waals surface area (Å²) in [5.74, 6) is -1.20. The zero-order chi connectivity index (χ0) is 20.9. The summed E-state index contributed by atoms with van der Waals surface area (Å²) in [6.07, 6.45) is 0.366. The maximum absolute atomic E-state index is 13.9. The van der Waals surface area contributed by atoms with Crippen molar-refractivity contribution in [1.82, 2.24) is 4.90 Å². The van der Waals surface area contributed by atoms with Crippen molar-refractivity contribution in [3.8, 4) is 5.75 Å². The maximum Gasteiger partial charge on any atom is 0.328 e. The Hall–Kier alpha value is -2.99. The summed E-state index contributed by atoms with van der Waals surface area (Å²) in [6.45, 7) is 3.53. The highest BCUT2D eigenvalue weighted by molar-refractivity contribution is 6.21. The molecule has 0 unspecified atom stereocenters. The van der Waals surface area contributed by atoms with Crippen molar-refractivity contribution in [2.75, 3.05) is 26.3 Å². The predicted octanol–water partition coefficient (Wildman–Crippen LogP) is 2.83. The molecule has 0 radical (unpaired) electrons. The molecule has 2 aromatic rings. The van der Waals surface area contributed by atoms with E-state index in [4.69, 9.17) is 9.47 Å². The predicted molar refractivity (Wildman–Crippen MR) is 108 cm³/mol. The number of ether oxygens (including phenoxy) is 2. The lowest BCUT2D eigenvalue weighted by molar-refractivity contribution is -0.156. The molecule has 6 nitrogen and oxygen atoms in total. The highest BCUT2D eigenvalue weighted by atomic mass is 16.5. The number of carbonyl (C=O) groups is 3. The van der Waals surface area contributed by atoms with Crippen LogP contribution in [0.15, 0.2) is 54.6 Å².